The lowest BCUT2D eigenvalue weighted by Gasteiger charge is -2.20. The summed E-state index contributed by atoms with van der Waals surface area (Å²) in [6.07, 6.45) is 1.37. The van der Waals surface area contributed by atoms with Crippen molar-refractivity contribution in [2.24, 2.45) is 0 Å². The molecule has 0 aromatic heterocycles. The van der Waals surface area contributed by atoms with Crippen LogP contribution in [0.2, 0.25) is 0 Å². The molecule has 1 aliphatic heterocycles. The van der Waals surface area contributed by atoms with E-state index in [2.05, 4.69) is 0 Å². The number of nitrogens with zero attached hydrogens (tertiary/aromatic N) is 1. The Morgan fingerprint density at radius 3 is 2.70 bits per heavy atom. The molecule has 0 aliphatic carbocycles. The highest BCUT2D eigenvalue weighted by Gasteiger charge is 2.26. The third-order valence-corrected chi connectivity index (χ3v) is 3.87. The number of carbonyl (C=O) groups is 1. The molecule has 1 fully saturated rings. The average molecular weight is 301 g/mol. The number of halogens is 2. The second-order valence-electron chi connectivity index (χ2n) is 4.72. The highest BCUT2D eigenvalue weighted by atomic mass is 32.2. The van der Waals surface area contributed by atoms with E-state index in [1.807, 2.05) is 0 Å². The summed E-state index contributed by atoms with van der Waals surface area (Å²) in [6.45, 7) is 1.10. The van der Waals surface area contributed by atoms with Crippen LogP contribution >= 0.6 is 11.8 Å². The van der Waals surface area contributed by atoms with E-state index in [4.69, 9.17) is 4.74 Å². The summed E-state index contributed by atoms with van der Waals surface area (Å²) in [5.41, 5.74) is 0.914. The summed E-state index contributed by atoms with van der Waals surface area (Å²) in [7, 11) is 1.73. The maximum Gasteiger partial charge on any atom is 0.288 e. The Labute approximate surface area is 121 Å². The van der Waals surface area contributed by atoms with Gasteiger partial charge in [-0.15, -0.1) is 0 Å². The van der Waals surface area contributed by atoms with Gasteiger partial charge < -0.3 is 9.64 Å². The third-order valence-electron chi connectivity index (χ3n) is 3.15. The average Bonchev–Trinajstić information content (AvgIpc) is 2.93. The monoisotopic (exact) mass is 301 g/mol. The highest BCUT2D eigenvalue weighted by Crippen LogP contribution is 2.25. The minimum absolute atomic E-state index is 0.0199. The number of hydrogen-bond acceptors (Lipinski definition) is 3. The summed E-state index contributed by atoms with van der Waals surface area (Å²) in [5, 5.41) is 0. The van der Waals surface area contributed by atoms with Crippen LogP contribution in [-0.2, 0) is 16.1 Å². The largest absolute Gasteiger partial charge is 0.368 e. The number of rotatable bonds is 5. The van der Waals surface area contributed by atoms with Crippen LogP contribution in [0.25, 0.3) is 0 Å². The van der Waals surface area contributed by atoms with E-state index in [1.54, 1.807) is 36.2 Å². The van der Waals surface area contributed by atoms with Gasteiger partial charge in [0.25, 0.3) is 11.7 Å². The molecule has 110 valence electrons. The Morgan fingerprint density at radius 2 is 2.15 bits per heavy atom. The van der Waals surface area contributed by atoms with E-state index in [9.17, 15) is 13.6 Å². The fourth-order valence-corrected chi connectivity index (χ4v) is 2.65. The molecule has 1 saturated heterocycles. The molecule has 0 spiro atoms. The van der Waals surface area contributed by atoms with Crippen molar-refractivity contribution in [2.45, 2.75) is 36.1 Å². The number of hydrogen-bond donors (Lipinski definition) is 0. The first kappa shape index (κ1) is 15.3. The van der Waals surface area contributed by atoms with Crippen molar-refractivity contribution < 1.29 is 18.3 Å². The van der Waals surface area contributed by atoms with Crippen molar-refractivity contribution >= 4 is 17.7 Å². The number of alkyl halides is 2. The molecule has 0 radical (unpaired) electrons. The second kappa shape index (κ2) is 7.04. The molecule has 0 saturated carbocycles. The van der Waals surface area contributed by atoms with E-state index in [1.165, 1.54) is 0 Å². The van der Waals surface area contributed by atoms with Crippen molar-refractivity contribution in [3.05, 3.63) is 29.8 Å². The maximum absolute atomic E-state index is 12.2. The van der Waals surface area contributed by atoms with Gasteiger partial charge in [-0.1, -0.05) is 23.9 Å². The lowest BCUT2D eigenvalue weighted by atomic mass is 10.2. The maximum atomic E-state index is 12.2. The minimum Gasteiger partial charge on any atom is -0.368 e. The lowest BCUT2D eigenvalue weighted by Crippen LogP contribution is -2.35. The standard InChI is InChI=1S/C14H17F2NO2S/c1-17(13(18)12-3-2-8-19-12)9-10-4-6-11(7-5-10)20-14(15)16/h4-7,12,14H,2-3,8-9H2,1H3/t12-/m0/s1. The van der Waals surface area contributed by atoms with Gasteiger partial charge in [0, 0.05) is 25.1 Å². The van der Waals surface area contributed by atoms with Gasteiger partial charge in [0.1, 0.15) is 6.10 Å². The van der Waals surface area contributed by atoms with Crippen LogP contribution in [0.1, 0.15) is 18.4 Å². The molecule has 1 heterocycles. The molecule has 0 bridgehead atoms. The molecular weight excluding hydrogens is 284 g/mol. The summed E-state index contributed by atoms with van der Waals surface area (Å²) in [6, 6.07) is 6.83. The normalized spacial score (nSPS) is 18.5. The predicted molar refractivity (Wildman–Crippen MR) is 73.8 cm³/mol. The smallest absolute Gasteiger partial charge is 0.288 e. The van der Waals surface area contributed by atoms with Gasteiger partial charge in [-0.2, -0.15) is 8.78 Å². The summed E-state index contributed by atoms with van der Waals surface area (Å²) in [5.74, 6) is -2.43. The van der Waals surface area contributed by atoms with Gasteiger partial charge in [-0.25, -0.2) is 0 Å². The van der Waals surface area contributed by atoms with Crippen LogP contribution in [0.3, 0.4) is 0 Å². The van der Waals surface area contributed by atoms with Crippen LogP contribution < -0.4 is 0 Å². The van der Waals surface area contributed by atoms with E-state index in [-0.39, 0.29) is 12.0 Å². The molecular formula is C14H17F2NO2S. The van der Waals surface area contributed by atoms with Crippen molar-refractivity contribution in [1.82, 2.24) is 4.90 Å². The first-order valence-corrected chi connectivity index (χ1v) is 7.34. The Morgan fingerprint density at radius 1 is 1.45 bits per heavy atom. The fraction of sp³-hybridized carbons (Fsp3) is 0.500. The minimum atomic E-state index is -2.41. The van der Waals surface area contributed by atoms with E-state index in [0.717, 1.165) is 18.4 Å². The Hall–Kier alpha value is -1.14. The van der Waals surface area contributed by atoms with E-state index in [0.29, 0.717) is 29.8 Å². The SMILES string of the molecule is CN(Cc1ccc(SC(F)F)cc1)C(=O)[C@@H]1CCCO1. The molecule has 20 heavy (non-hydrogen) atoms. The Balaban J connectivity index is 1.90. The van der Waals surface area contributed by atoms with Crippen LogP contribution in [0.5, 0.6) is 0 Å². The summed E-state index contributed by atoms with van der Waals surface area (Å²) < 4.78 is 29.8. The number of likely N-dealkylation sites (N-methyl/N-ethyl adjacent to an activating group) is 1. The quantitative estimate of drug-likeness (QED) is 0.783. The van der Waals surface area contributed by atoms with Gasteiger partial charge in [-0.05, 0) is 30.5 Å². The molecule has 0 unspecified atom stereocenters. The zero-order valence-electron chi connectivity index (χ0n) is 11.2. The van der Waals surface area contributed by atoms with Gasteiger partial charge in [-0.3, -0.25) is 4.79 Å². The van der Waals surface area contributed by atoms with Crippen LogP contribution in [0, 0.1) is 0 Å². The molecule has 1 aromatic rings. The molecule has 3 nitrogen and oxygen atoms in total. The van der Waals surface area contributed by atoms with Crippen LogP contribution in [0.4, 0.5) is 8.78 Å². The summed E-state index contributed by atoms with van der Waals surface area (Å²) in [4.78, 5) is 14.2. The Kier molecular flexibility index (Phi) is 5.37. The topological polar surface area (TPSA) is 29.5 Å². The highest BCUT2D eigenvalue weighted by molar-refractivity contribution is 7.99. The number of thioether (sulfide) groups is 1. The molecule has 1 aromatic carbocycles. The van der Waals surface area contributed by atoms with Gasteiger partial charge >= 0.3 is 0 Å². The molecule has 1 aliphatic rings. The third kappa shape index (κ3) is 4.18. The predicted octanol–water partition coefficient (Wildman–Crippen LogP) is 3.14. The molecule has 1 atom stereocenters. The molecule has 6 heteroatoms. The number of benzene rings is 1. The van der Waals surface area contributed by atoms with E-state index < -0.39 is 5.76 Å². The fourth-order valence-electron chi connectivity index (χ4n) is 2.15. The van der Waals surface area contributed by atoms with Crippen molar-refractivity contribution in [2.75, 3.05) is 13.7 Å². The lowest BCUT2D eigenvalue weighted by molar-refractivity contribution is -0.140. The second-order valence-corrected chi connectivity index (χ2v) is 5.78. The first-order valence-electron chi connectivity index (χ1n) is 6.46. The zero-order valence-corrected chi connectivity index (χ0v) is 12.0. The van der Waals surface area contributed by atoms with Crippen molar-refractivity contribution in [1.29, 1.82) is 0 Å². The first-order chi connectivity index (χ1) is 9.56. The van der Waals surface area contributed by atoms with Crippen molar-refractivity contribution in [3.63, 3.8) is 0 Å². The van der Waals surface area contributed by atoms with Gasteiger partial charge in [0.2, 0.25) is 0 Å². The molecule has 0 N–H and O–H groups in total. The van der Waals surface area contributed by atoms with E-state index >= 15 is 0 Å². The zero-order chi connectivity index (χ0) is 14.5. The molecule has 2 rings (SSSR count). The van der Waals surface area contributed by atoms with Crippen LogP contribution in [0.15, 0.2) is 29.2 Å². The number of amides is 1. The Bertz CT molecular complexity index is 447. The van der Waals surface area contributed by atoms with Crippen LogP contribution in [-0.4, -0.2) is 36.3 Å². The molecule has 1 amide bonds. The number of ether oxygens (including phenoxy) is 1. The van der Waals surface area contributed by atoms with Crippen molar-refractivity contribution in [3.8, 4) is 0 Å². The van der Waals surface area contributed by atoms with Gasteiger partial charge in [0.15, 0.2) is 0 Å². The number of carbonyl (C=O) groups excluding carboxylic acids is 1. The summed E-state index contributed by atoms with van der Waals surface area (Å²) >= 11 is 0.519. The van der Waals surface area contributed by atoms with Gasteiger partial charge in [0.05, 0.1) is 0 Å².